The first-order chi connectivity index (χ1) is 9.79. The molecule has 8 heteroatoms. The molecule has 2 aromatic heterocycles. The van der Waals surface area contributed by atoms with E-state index < -0.39 is 0 Å². The third kappa shape index (κ3) is 4.16. The van der Waals surface area contributed by atoms with Crippen LogP contribution in [0.2, 0.25) is 0 Å². The van der Waals surface area contributed by atoms with Gasteiger partial charge in [-0.3, -0.25) is 0 Å². The zero-order valence-corrected chi connectivity index (χ0v) is 11.5. The molecule has 2 rings (SSSR count). The standard InChI is InChI=1S/C12H19N7O/c1-2-3-8-20-9-6-14-11-16-10(13)17-12(18-11)19-7-4-5-15-19/h4-5,7H,2-3,6,8-9H2,1H3,(H3,13,14,16,17,18). The van der Waals surface area contributed by atoms with Gasteiger partial charge in [-0.2, -0.15) is 20.1 Å². The topological polar surface area (TPSA) is 104 Å². The van der Waals surface area contributed by atoms with Gasteiger partial charge >= 0.3 is 0 Å². The molecule has 3 N–H and O–H groups in total. The van der Waals surface area contributed by atoms with Crippen molar-refractivity contribution >= 4 is 11.9 Å². The monoisotopic (exact) mass is 277 g/mol. The number of nitrogens with zero attached hydrogens (tertiary/aromatic N) is 5. The summed E-state index contributed by atoms with van der Waals surface area (Å²) in [6, 6.07) is 1.79. The maximum absolute atomic E-state index is 5.66. The van der Waals surface area contributed by atoms with Crippen LogP contribution < -0.4 is 11.1 Å². The van der Waals surface area contributed by atoms with E-state index in [0.29, 0.717) is 25.0 Å². The number of rotatable bonds is 8. The van der Waals surface area contributed by atoms with Gasteiger partial charge < -0.3 is 15.8 Å². The van der Waals surface area contributed by atoms with E-state index in [4.69, 9.17) is 10.5 Å². The van der Waals surface area contributed by atoms with Gasteiger partial charge in [-0.25, -0.2) is 4.68 Å². The fourth-order valence-corrected chi connectivity index (χ4v) is 1.53. The van der Waals surface area contributed by atoms with Crippen molar-refractivity contribution in [2.75, 3.05) is 30.8 Å². The Labute approximate surface area is 117 Å². The van der Waals surface area contributed by atoms with Crippen molar-refractivity contribution in [3.63, 3.8) is 0 Å². The molecular formula is C12H19N7O. The third-order valence-electron chi connectivity index (χ3n) is 2.52. The van der Waals surface area contributed by atoms with E-state index in [1.807, 2.05) is 0 Å². The van der Waals surface area contributed by atoms with Crippen molar-refractivity contribution in [2.24, 2.45) is 0 Å². The van der Waals surface area contributed by atoms with Gasteiger partial charge in [0.2, 0.25) is 11.9 Å². The van der Waals surface area contributed by atoms with Gasteiger partial charge in [0.25, 0.3) is 5.95 Å². The zero-order valence-electron chi connectivity index (χ0n) is 11.5. The van der Waals surface area contributed by atoms with Gasteiger partial charge in [-0.15, -0.1) is 0 Å². The van der Waals surface area contributed by atoms with Crippen LogP contribution in [0.4, 0.5) is 11.9 Å². The molecule has 20 heavy (non-hydrogen) atoms. The van der Waals surface area contributed by atoms with Crippen LogP contribution in [-0.4, -0.2) is 44.5 Å². The van der Waals surface area contributed by atoms with Gasteiger partial charge in [0.1, 0.15) is 0 Å². The molecule has 0 aromatic carbocycles. The van der Waals surface area contributed by atoms with E-state index in [-0.39, 0.29) is 5.95 Å². The van der Waals surface area contributed by atoms with Crippen LogP contribution in [0.3, 0.4) is 0 Å². The molecule has 2 heterocycles. The minimum absolute atomic E-state index is 0.153. The summed E-state index contributed by atoms with van der Waals surface area (Å²) < 4.78 is 6.97. The summed E-state index contributed by atoms with van der Waals surface area (Å²) in [5.74, 6) is 0.957. The highest BCUT2D eigenvalue weighted by molar-refractivity contribution is 5.34. The van der Waals surface area contributed by atoms with Gasteiger partial charge in [-0.1, -0.05) is 13.3 Å². The molecule has 0 unspecified atom stereocenters. The van der Waals surface area contributed by atoms with Crippen LogP contribution >= 0.6 is 0 Å². The number of nitrogens with one attached hydrogen (secondary N) is 1. The van der Waals surface area contributed by atoms with Crippen LogP contribution in [0.1, 0.15) is 19.8 Å². The van der Waals surface area contributed by atoms with Crippen molar-refractivity contribution in [3.05, 3.63) is 18.5 Å². The van der Waals surface area contributed by atoms with Crippen molar-refractivity contribution in [1.29, 1.82) is 0 Å². The Balaban J connectivity index is 1.88. The van der Waals surface area contributed by atoms with Gasteiger partial charge in [0.15, 0.2) is 0 Å². The maximum Gasteiger partial charge on any atom is 0.257 e. The molecule has 0 spiro atoms. The normalized spacial score (nSPS) is 10.7. The Morgan fingerprint density at radius 2 is 2.20 bits per heavy atom. The number of hydrogen-bond donors (Lipinski definition) is 2. The Bertz CT molecular complexity index is 515. The predicted octanol–water partition coefficient (Wildman–Crippen LogP) is 0.868. The summed E-state index contributed by atoms with van der Waals surface area (Å²) in [4.78, 5) is 12.3. The number of anilines is 2. The molecule has 0 saturated carbocycles. The lowest BCUT2D eigenvalue weighted by Gasteiger charge is -2.07. The molecule has 0 aliphatic heterocycles. The van der Waals surface area contributed by atoms with Crippen molar-refractivity contribution in [1.82, 2.24) is 24.7 Å². The number of ether oxygens (including phenoxy) is 1. The second-order valence-corrected chi connectivity index (χ2v) is 4.16. The summed E-state index contributed by atoms with van der Waals surface area (Å²) in [5, 5.41) is 7.11. The molecule has 0 saturated heterocycles. The molecule has 0 aliphatic rings. The smallest absolute Gasteiger partial charge is 0.257 e. The summed E-state index contributed by atoms with van der Waals surface area (Å²) in [6.45, 7) is 4.12. The van der Waals surface area contributed by atoms with Gasteiger partial charge in [0.05, 0.1) is 6.61 Å². The molecule has 0 aliphatic carbocycles. The summed E-state index contributed by atoms with van der Waals surface area (Å²) in [7, 11) is 0. The Morgan fingerprint density at radius 3 is 2.95 bits per heavy atom. The predicted molar refractivity (Wildman–Crippen MR) is 75.6 cm³/mol. The van der Waals surface area contributed by atoms with E-state index in [9.17, 15) is 0 Å². The molecule has 0 amide bonds. The highest BCUT2D eigenvalue weighted by atomic mass is 16.5. The van der Waals surface area contributed by atoms with E-state index >= 15 is 0 Å². The fourth-order valence-electron chi connectivity index (χ4n) is 1.53. The van der Waals surface area contributed by atoms with Gasteiger partial charge in [0, 0.05) is 25.5 Å². The van der Waals surface area contributed by atoms with Gasteiger partial charge in [-0.05, 0) is 12.5 Å². The van der Waals surface area contributed by atoms with E-state index in [2.05, 4.69) is 32.3 Å². The van der Waals surface area contributed by atoms with Crippen LogP contribution in [0.25, 0.3) is 5.95 Å². The quantitative estimate of drug-likeness (QED) is 0.690. The first-order valence-corrected chi connectivity index (χ1v) is 6.62. The van der Waals surface area contributed by atoms with Crippen LogP contribution in [-0.2, 0) is 4.74 Å². The van der Waals surface area contributed by atoms with Crippen molar-refractivity contribution < 1.29 is 4.74 Å². The second kappa shape index (κ2) is 7.39. The summed E-state index contributed by atoms with van der Waals surface area (Å²) in [5.41, 5.74) is 5.66. The van der Waals surface area contributed by atoms with Crippen LogP contribution in [0, 0.1) is 0 Å². The minimum Gasteiger partial charge on any atom is -0.380 e. The Hall–Kier alpha value is -2.22. The summed E-state index contributed by atoms with van der Waals surface area (Å²) >= 11 is 0. The zero-order chi connectivity index (χ0) is 14.2. The fraction of sp³-hybridized carbons (Fsp3) is 0.500. The lowest BCUT2D eigenvalue weighted by atomic mass is 10.4. The molecule has 108 valence electrons. The Kier molecular flexibility index (Phi) is 5.24. The first-order valence-electron chi connectivity index (χ1n) is 6.62. The lowest BCUT2D eigenvalue weighted by molar-refractivity contribution is 0.141. The average Bonchev–Trinajstić information content (AvgIpc) is 2.96. The molecule has 0 radical (unpaired) electrons. The molecule has 0 atom stereocenters. The largest absolute Gasteiger partial charge is 0.380 e. The third-order valence-corrected chi connectivity index (χ3v) is 2.52. The van der Waals surface area contributed by atoms with E-state index in [1.54, 1.807) is 18.5 Å². The average molecular weight is 277 g/mol. The molecular weight excluding hydrogens is 258 g/mol. The first kappa shape index (κ1) is 14.2. The van der Waals surface area contributed by atoms with Crippen LogP contribution in [0.5, 0.6) is 0 Å². The number of aromatic nitrogens is 5. The lowest BCUT2D eigenvalue weighted by Crippen LogP contribution is -2.15. The highest BCUT2D eigenvalue weighted by Gasteiger charge is 2.05. The number of hydrogen-bond acceptors (Lipinski definition) is 7. The van der Waals surface area contributed by atoms with E-state index in [0.717, 1.165) is 19.4 Å². The highest BCUT2D eigenvalue weighted by Crippen LogP contribution is 2.05. The minimum atomic E-state index is 0.153. The SMILES string of the molecule is CCCCOCCNc1nc(N)nc(-n2cccn2)n1. The maximum atomic E-state index is 5.66. The van der Waals surface area contributed by atoms with E-state index in [1.165, 1.54) is 4.68 Å². The molecule has 0 fully saturated rings. The second-order valence-electron chi connectivity index (χ2n) is 4.16. The number of nitrogens with two attached hydrogens (primary N) is 1. The number of unbranched alkanes of at least 4 members (excludes halogenated alkanes) is 1. The molecule has 0 bridgehead atoms. The molecule has 8 nitrogen and oxygen atoms in total. The summed E-state index contributed by atoms with van der Waals surface area (Å²) in [6.07, 6.45) is 5.59. The Morgan fingerprint density at radius 1 is 1.30 bits per heavy atom. The van der Waals surface area contributed by atoms with Crippen molar-refractivity contribution in [3.8, 4) is 5.95 Å². The van der Waals surface area contributed by atoms with Crippen molar-refractivity contribution in [2.45, 2.75) is 19.8 Å². The molecule has 2 aromatic rings. The van der Waals surface area contributed by atoms with Crippen LogP contribution in [0.15, 0.2) is 18.5 Å². The number of nitrogen functional groups attached to an aromatic ring is 1.